The van der Waals surface area contributed by atoms with E-state index in [4.69, 9.17) is 9.72 Å². The number of ether oxygens (including phenoxy) is 1. The molecule has 2 aromatic rings. The Morgan fingerprint density at radius 2 is 1.90 bits per heavy atom. The van der Waals surface area contributed by atoms with Crippen molar-refractivity contribution in [2.75, 3.05) is 59.9 Å². The van der Waals surface area contributed by atoms with Crippen LogP contribution in [0.5, 0.6) is 0 Å². The second-order valence-corrected chi connectivity index (χ2v) is 8.05. The number of morpholine rings is 1. The first kappa shape index (κ1) is 19.0. The van der Waals surface area contributed by atoms with Crippen LogP contribution in [0.1, 0.15) is 25.7 Å². The van der Waals surface area contributed by atoms with Gasteiger partial charge in [0.15, 0.2) is 5.82 Å². The minimum atomic E-state index is 0.0825. The standard InChI is InChI=1S/C21H27N7O2/c1-26-17-13-23-21(25-20(17)28(14-19(26)29)15-4-2-3-5-15)24-18-7-6-16(12-22-18)27-8-10-30-11-9-27/h6-7,12-13,15H,2-5,8-11,14H2,1H3,(H,22,23,24,25). The molecule has 3 aliphatic rings. The van der Waals surface area contributed by atoms with Gasteiger partial charge in [-0.3, -0.25) is 4.79 Å². The maximum absolute atomic E-state index is 12.5. The third-order valence-electron chi connectivity index (χ3n) is 6.19. The molecule has 1 aliphatic carbocycles. The highest BCUT2D eigenvalue weighted by molar-refractivity contribution is 6.02. The number of carbonyl (C=O) groups is 1. The minimum absolute atomic E-state index is 0.0825. The summed E-state index contributed by atoms with van der Waals surface area (Å²) in [5, 5.41) is 3.21. The van der Waals surface area contributed by atoms with Crippen LogP contribution < -0.4 is 20.0 Å². The van der Waals surface area contributed by atoms with Crippen LogP contribution in [0.15, 0.2) is 24.5 Å². The molecule has 1 saturated heterocycles. The molecule has 30 heavy (non-hydrogen) atoms. The van der Waals surface area contributed by atoms with Crippen molar-refractivity contribution in [1.82, 2.24) is 15.0 Å². The van der Waals surface area contributed by atoms with Gasteiger partial charge in [-0.15, -0.1) is 0 Å². The second-order valence-electron chi connectivity index (χ2n) is 8.05. The molecule has 158 valence electrons. The molecule has 5 rings (SSSR count). The zero-order valence-corrected chi connectivity index (χ0v) is 17.3. The highest BCUT2D eigenvalue weighted by atomic mass is 16.5. The molecule has 1 amide bonds. The first-order valence-corrected chi connectivity index (χ1v) is 10.6. The summed E-state index contributed by atoms with van der Waals surface area (Å²) in [5.41, 5.74) is 1.85. The van der Waals surface area contributed by atoms with Crippen molar-refractivity contribution < 1.29 is 9.53 Å². The summed E-state index contributed by atoms with van der Waals surface area (Å²) in [6.45, 7) is 3.63. The maximum Gasteiger partial charge on any atom is 0.246 e. The summed E-state index contributed by atoms with van der Waals surface area (Å²) >= 11 is 0. The molecule has 1 saturated carbocycles. The Morgan fingerprint density at radius 3 is 2.63 bits per heavy atom. The van der Waals surface area contributed by atoms with Gasteiger partial charge in [-0.2, -0.15) is 4.98 Å². The van der Waals surface area contributed by atoms with E-state index in [1.807, 2.05) is 12.3 Å². The van der Waals surface area contributed by atoms with Crippen LogP contribution in [0.2, 0.25) is 0 Å². The summed E-state index contributed by atoms with van der Waals surface area (Å²) in [7, 11) is 1.79. The van der Waals surface area contributed by atoms with Crippen molar-refractivity contribution in [1.29, 1.82) is 0 Å². The van der Waals surface area contributed by atoms with Crippen LogP contribution in [-0.4, -0.2) is 66.8 Å². The van der Waals surface area contributed by atoms with E-state index in [2.05, 4.69) is 31.2 Å². The van der Waals surface area contributed by atoms with Gasteiger partial charge in [0.25, 0.3) is 0 Å². The molecule has 9 nitrogen and oxygen atoms in total. The number of fused-ring (bicyclic) bond motifs is 1. The summed E-state index contributed by atoms with van der Waals surface area (Å²) in [6.07, 6.45) is 8.21. The SMILES string of the molecule is CN1C(=O)CN(C2CCCC2)c2nc(Nc3ccc(N4CCOCC4)cn3)ncc21. The third-order valence-corrected chi connectivity index (χ3v) is 6.19. The maximum atomic E-state index is 12.5. The smallest absolute Gasteiger partial charge is 0.246 e. The molecule has 2 fully saturated rings. The van der Waals surface area contributed by atoms with Gasteiger partial charge >= 0.3 is 0 Å². The normalized spacial score (nSPS) is 19.9. The average molecular weight is 409 g/mol. The van der Waals surface area contributed by atoms with Crippen LogP contribution in [0.25, 0.3) is 0 Å². The van der Waals surface area contributed by atoms with E-state index in [1.54, 1.807) is 18.1 Å². The number of anilines is 5. The lowest BCUT2D eigenvalue weighted by atomic mass is 10.1. The summed E-state index contributed by atoms with van der Waals surface area (Å²) in [5.74, 6) is 2.09. The topological polar surface area (TPSA) is 86.7 Å². The van der Waals surface area contributed by atoms with E-state index in [1.165, 1.54) is 12.8 Å². The van der Waals surface area contributed by atoms with Gasteiger partial charge < -0.3 is 24.8 Å². The van der Waals surface area contributed by atoms with E-state index in [9.17, 15) is 4.79 Å². The quantitative estimate of drug-likeness (QED) is 0.822. The number of pyridine rings is 1. The summed E-state index contributed by atoms with van der Waals surface area (Å²) < 4.78 is 5.41. The van der Waals surface area contributed by atoms with Crippen LogP contribution >= 0.6 is 0 Å². The molecule has 0 aromatic carbocycles. The van der Waals surface area contributed by atoms with Crippen molar-refractivity contribution in [3.63, 3.8) is 0 Å². The van der Waals surface area contributed by atoms with Crippen molar-refractivity contribution in [3.05, 3.63) is 24.5 Å². The molecule has 4 heterocycles. The lowest BCUT2D eigenvalue weighted by Crippen LogP contribution is -2.48. The van der Waals surface area contributed by atoms with Gasteiger partial charge in [0.05, 0.1) is 37.8 Å². The van der Waals surface area contributed by atoms with Gasteiger partial charge in [0.1, 0.15) is 11.5 Å². The van der Waals surface area contributed by atoms with Crippen LogP contribution in [0, 0.1) is 0 Å². The molecule has 0 atom stereocenters. The summed E-state index contributed by atoms with van der Waals surface area (Å²) in [6, 6.07) is 4.36. The number of hydrogen-bond acceptors (Lipinski definition) is 8. The lowest BCUT2D eigenvalue weighted by molar-refractivity contribution is -0.117. The van der Waals surface area contributed by atoms with Crippen molar-refractivity contribution in [2.45, 2.75) is 31.7 Å². The van der Waals surface area contributed by atoms with Gasteiger partial charge in [0, 0.05) is 26.2 Å². The van der Waals surface area contributed by atoms with Gasteiger partial charge in [-0.05, 0) is 25.0 Å². The Kier molecular flexibility index (Phi) is 5.12. The van der Waals surface area contributed by atoms with E-state index in [-0.39, 0.29) is 5.91 Å². The van der Waals surface area contributed by atoms with E-state index < -0.39 is 0 Å². The molecular weight excluding hydrogens is 382 g/mol. The summed E-state index contributed by atoms with van der Waals surface area (Å²) in [4.78, 5) is 32.3. The lowest BCUT2D eigenvalue weighted by Gasteiger charge is -2.37. The van der Waals surface area contributed by atoms with Crippen molar-refractivity contribution in [3.8, 4) is 0 Å². The largest absolute Gasteiger partial charge is 0.378 e. The number of likely N-dealkylation sites (N-methyl/N-ethyl adjacent to an activating group) is 1. The Hall–Kier alpha value is -2.94. The second kappa shape index (κ2) is 8.06. The fourth-order valence-electron chi connectivity index (χ4n) is 4.44. The number of nitrogens with one attached hydrogen (secondary N) is 1. The molecule has 2 aliphatic heterocycles. The molecule has 0 bridgehead atoms. The van der Waals surface area contributed by atoms with E-state index in [0.717, 1.165) is 56.3 Å². The monoisotopic (exact) mass is 409 g/mol. The van der Waals surface area contributed by atoms with Crippen LogP contribution in [0.4, 0.5) is 29.0 Å². The third kappa shape index (κ3) is 3.65. The van der Waals surface area contributed by atoms with E-state index in [0.29, 0.717) is 24.4 Å². The van der Waals surface area contributed by atoms with Crippen molar-refractivity contribution in [2.24, 2.45) is 0 Å². The van der Waals surface area contributed by atoms with E-state index >= 15 is 0 Å². The minimum Gasteiger partial charge on any atom is -0.378 e. The van der Waals surface area contributed by atoms with Crippen molar-refractivity contribution >= 4 is 34.9 Å². The highest BCUT2D eigenvalue weighted by Gasteiger charge is 2.34. The van der Waals surface area contributed by atoms with Crippen LogP contribution in [-0.2, 0) is 9.53 Å². The molecule has 2 aromatic heterocycles. The zero-order chi connectivity index (χ0) is 20.5. The van der Waals surface area contributed by atoms with Gasteiger partial charge in [0.2, 0.25) is 11.9 Å². The predicted octanol–water partition coefficient (Wildman–Crippen LogP) is 2.18. The predicted molar refractivity (Wildman–Crippen MR) is 116 cm³/mol. The number of aromatic nitrogens is 3. The number of carbonyl (C=O) groups excluding carboxylic acids is 1. The molecule has 1 N–H and O–H groups in total. The van der Waals surface area contributed by atoms with Gasteiger partial charge in [-0.1, -0.05) is 12.8 Å². The van der Waals surface area contributed by atoms with Crippen LogP contribution in [0.3, 0.4) is 0 Å². The Bertz CT molecular complexity index is 908. The highest BCUT2D eigenvalue weighted by Crippen LogP contribution is 2.36. The first-order valence-electron chi connectivity index (χ1n) is 10.6. The zero-order valence-electron chi connectivity index (χ0n) is 17.3. The Balaban J connectivity index is 1.36. The molecule has 0 unspecified atom stereocenters. The number of hydrogen-bond donors (Lipinski definition) is 1. The van der Waals surface area contributed by atoms with Gasteiger partial charge in [-0.25, -0.2) is 9.97 Å². The number of amides is 1. The molecule has 9 heteroatoms. The Morgan fingerprint density at radius 1 is 1.10 bits per heavy atom. The number of rotatable bonds is 4. The Labute approximate surface area is 176 Å². The fraction of sp³-hybridized carbons (Fsp3) is 0.524. The molecular formula is C21H27N7O2. The average Bonchev–Trinajstić information content (AvgIpc) is 3.32. The first-order chi connectivity index (χ1) is 14.7. The molecule has 0 spiro atoms. The number of nitrogens with zero attached hydrogens (tertiary/aromatic N) is 6. The fourth-order valence-corrected chi connectivity index (χ4v) is 4.44. The molecule has 0 radical (unpaired) electrons.